The van der Waals surface area contributed by atoms with Crippen LogP contribution in [0.3, 0.4) is 0 Å². The molecule has 1 amide bonds. The highest BCUT2D eigenvalue weighted by Gasteiger charge is 2.17. The molecule has 0 aromatic carbocycles. The van der Waals surface area contributed by atoms with Gasteiger partial charge in [-0.1, -0.05) is 0 Å². The molecule has 1 N–H and O–H groups in total. The van der Waals surface area contributed by atoms with E-state index in [0.29, 0.717) is 25.4 Å². The standard InChI is InChI=1S/C10H16ClN3O4S/c1-8-13-10(19(11,16)17)7-14(8)6-9(15)12-4-3-5-18-2/h7H,3-6H2,1-2H3,(H,12,15). The molecule has 0 radical (unpaired) electrons. The summed E-state index contributed by atoms with van der Waals surface area (Å²) in [6, 6.07) is 0. The lowest BCUT2D eigenvalue weighted by molar-refractivity contribution is -0.121. The van der Waals surface area contributed by atoms with Crippen LogP contribution in [0, 0.1) is 6.92 Å². The molecule has 19 heavy (non-hydrogen) atoms. The SMILES string of the molecule is COCCCNC(=O)Cn1cc(S(=O)(=O)Cl)nc1C. The number of aryl methyl sites for hydroxylation is 1. The predicted octanol–water partition coefficient (Wildman–Crippen LogP) is 0.272. The van der Waals surface area contributed by atoms with E-state index in [4.69, 9.17) is 15.4 Å². The van der Waals surface area contributed by atoms with E-state index in [0.717, 1.165) is 0 Å². The topological polar surface area (TPSA) is 90.3 Å². The highest BCUT2D eigenvalue weighted by atomic mass is 35.7. The number of ether oxygens (including phenoxy) is 1. The Morgan fingerprint density at radius 3 is 2.79 bits per heavy atom. The first-order chi connectivity index (χ1) is 8.84. The second-order valence-electron chi connectivity index (χ2n) is 3.89. The minimum atomic E-state index is -3.87. The van der Waals surface area contributed by atoms with Crippen LogP contribution in [0.25, 0.3) is 0 Å². The number of aromatic nitrogens is 2. The second-order valence-corrected chi connectivity index (χ2v) is 6.40. The van der Waals surface area contributed by atoms with Crippen molar-refractivity contribution in [3.63, 3.8) is 0 Å². The van der Waals surface area contributed by atoms with Crippen LogP contribution in [0.5, 0.6) is 0 Å². The molecule has 0 bridgehead atoms. The fourth-order valence-electron chi connectivity index (χ4n) is 1.41. The maximum Gasteiger partial charge on any atom is 0.280 e. The summed E-state index contributed by atoms with van der Waals surface area (Å²) >= 11 is 0. The summed E-state index contributed by atoms with van der Waals surface area (Å²) < 4.78 is 28.5. The first-order valence-electron chi connectivity index (χ1n) is 5.58. The molecule has 9 heteroatoms. The zero-order valence-electron chi connectivity index (χ0n) is 10.7. The van der Waals surface area contributed by atoms with E-state index < -0.39 is 9.05 Å². The van der Waals surface area contributed by atoms with Gasteiger partial charge in [-0.3, -0.25) is 4.79 Å². The average molecular weight is 310 g/mol. The van der Waals surface area contributed by atoms with Gasteiger partial charge in [0.2, 0.25) is 5.91 Å². The van der Waals surface area contributed by atoms with Crippen LogP contribution in [0.4, 0.5) is 0 Å². The molecule has 0 atom stereocenters. The molecule has 7 nitrogen and oxygen atoms in total. The Labute approximate surface area is 116 Å². The van der Waals surface area contributed by atoms with Crippen molar-refractivity contribution in [2.24, 2.45) is 0 Å². The summed E-state index contributed by atoms with van der Waals surface area (Å²) in [5.74, 6) is 0.182. The van der Waals surface area contributed by atoms with Gasteiger partial charge in [0.05, 0.1) is 0 Å². The van der Waals surface area contributed by atoms with E-state index in [-0.39, 0.29) is 17.5 Å². The largest absolute Gasteiger partial charge is 0.385 e. The van der Waals surface area contributed by atoms with Gasteiger partial charge in [-0.2, -0.15) is 0 Å². The molecule has 0 aliphatic carbocycles. The third-order valence-corrected chi connectivity index (χ3v) is 3.54. The minimum absolute atomic E-state index is 0.00176. The lowest BCUT2D eigenvalue weighted by Crippen LogP contribution is -2.29. The summed E-state index contributed by atoms with van der Waals surface area (Å²) in [5.41, 5.74) is 0. The fourth-order valence-corrected chi connectivity index (χ4v) is 2.13. The third-order valence-electron chi connectivity index (χ3n) is 2.37. The Morgan fingerprint density at radius 1 is 1.58 bits per heavy atom. The molecule has 0 saturated heterocycles. The van der Waals surface area contributed by atoms with Gasteiger partial charge in [-0.05, 0) is 13.3 Å². The van der Waals surface area contributed by atoms with Gasteiger partial charge in [0, 0.05) is 37.1 Å². The third kappa shape index (κ3) is 5.17. The van der Waals surface area contributed by atoms with Crippen LogP contribution >= 0.6 is 10.7 Å². The van der Waals surface area contributed by atoms with E-state index >= 15 is 0 Å². The van der Waals surface area contributed by atoms with E-state index in [1.54, 1.807) is 14.0 Å². The van der Waals surface area contributed by atoms with Gasteiger partial charge in [-0.15, -0.1) is 0 Å². The summed E-state index contributed by atoms with van der Waals surface area (Å²) in [6.07, 6.45) is 1.96. The van der Waals surface area contributed by atoms with Gasteiger partial charge in [0.25, 0.3) is 9.05 Å². The molecular formula is C10H16ClN3O4S. The number of hydrogen-bond acceptors (Lipinski definition) is 5. The van der Waals surface area contributed by atoms with Crippen molar-refractivity contribution in [2.45, 2.75) is 24.9 Å². The Bertz CT molecular complexity index is 541. The molecule has 1 heterocycles. The maximum absolute atomic E-state index is 11.6. The van der Waals surface area contributed by atoms with Crippen LogP contribution in [-0.4, -0.2) is 44.1 Å². The summed E-state index contributed by atoms with van der Waals surface area (Å²) in [6.45, 7) is 2.67. The highest BCUT2D eigenvalue weighted by molar-refractivity contribution is 8.13. The number of carbonyl (C=O) groups is 1. The van der Waals surface area contributed by atoms with Crippen LogP contribution < -0.4 is 5.32 Å². The lowest BCUT2D eigenvalue weighted by atomic mass is 10.4. The molecule has 0 spiro atoms. The van der Waals surface area contributed by atoms with E-state index in [9.17, 15) is 13.2 Å². The van der Waals surface area contributed by atoms with Gasteiger partial charge in [0.15, 0.2) is 5.03 Å². The maximum atomic E-state index is 11.6. The lowest BCUT2D eigenvalue weighted by Gasteiger charge is -2.06. The van der Waals surface area contributed by atoms with Crippen molar-refractivity contribution in [3.05, 3.63) is 12.0 Å². The molecule has 1 aromatic heterocycles. The van der Waals surface area contributed by atoms with Gasteiger partial charge in [-0.25, -0.2) is 13.4 Å². The highest BCUT2D eigenvalue weighted by Crippen LogP contribution is 2.13. The minimum Gasteiger partial charge on any atom is -0.385 e. The first kappa shape index (κ1) is 15.9. The van der Waals surface area contributed by atoms with Crippen molar-refractivity contribution < 1.29 is 17.9 Å². The normalized spacial score (nSPS) is 11.5. The number of nitrogens with zero attached hydrogens (tertiary/aromatic N) is 2. The monoisotopic (exact) mass is 309 g/mol. The Hall–Kier alpha value is -1.12. The predicted molar refractivity (Wildman–Crippen MR) is 69.5 cm³/mol. The second kappa shape index (κ2) is 6.88. The molecular weight excluding hydrogens is 294 g/mol. The molecule has 108 valence electrons. The number of amides is 1. The average Bonchev–Trinajstić information content (AvgIpc) is 2.66. The van der Waals surface area contributed by atoms with E-state index in [1.807, 2.05) is 0 Å². The van der Waals surface area contributed by atoms with Crippen LogP contribution in [0.15, 0.2) is 11.2 Å². The van der Waals surface area contributed by atoms with E-state index in [2.05, 4.69) is 10.3 Å². The number of halogens is 1. The molecule has 0 unspecified atom stereocenters. The Morgan fingerprint density at radius 2 is 2.26 bits per heavy atom. The molecule has 0 saturated carbocycles. The van der Waals surface area contributed by atoms with E-state index in [1.165, 1.54) is 10.8 Å². The quantitative estimate of drug-likeness (QED) is 0.577. The molecule has 1 aromatic rings. The van der Waals surface area contributed by atoms with Crippen molar-refractivity contribution in [2.75, 3.05) is 20.3 Å². The number of methoxy groups -OCH3 is 1. The Kier molecular flexibility index (Phi) is 5.77. The first-order valence-corrected chi connectivity index (χ1v) is 7.89. The Balaban J connectivity index is 2.58. The number of hydrogen-bond donors (Lipinski definition) is 1. The number of imidazole rings is 1. The number of rotatable bonds is 7. The van der Waals surface area contributed by atoms with Crippen LogP contribution in [-0.2, 0) is 25.1 Å². The van der Waals surface area contributed by atoms with Gasteiger partial charge < -0.3 is 14.6 Å². The van der Waals surface area contributed by atoms with Crippen molar-refractivity contribution in [3.8, 4) is 0 Å². The molecule has 1 rings (SSSR count). The molecule has 0 aliphatic rings. The van der Waals surface area contributed by atoms with Crippen LogP contribution in [0.1, 0.15) is 12.2 Å². The van der Waals surface area contributed by atoms with Crippen molar-refractivity contribution in [1.29, 1.82) is 0 Å². The summed E-state index contributed by atoms with van der Waals surface area (Å²) in [7, 11) is 2.90. The zero-order chi connectivity index (χ0) is 14.5. The molecule has 0 fully saturated rings. The van der Waals surface area contributed by atoms with Gasteiger partial charge in [0.1, 0.15) is 12.4 Å². The zero-order valence-corrected chi connectivity index (χ0v) is 12.3. The summed E-state index contributed by atoms with van der Waals surface area (Å²) in [4.78, 5) is 15.4. The van der Waals surface area contributed by atoms with Gasteiger partial charge >= 0.3 is 0 Å². The number of carbonyl (C=O) groups excluding carboxylic acids is 1. The van der Waals surface area contributed by atoms with Crippen molar-refractivity contribution in [1.82, 2.24) is 14.9 Å². The summed E-state index contributed by atoms with van der Waals surface area (Å²) in [5, 5.41) is 2.44. The van der Waals surface area contributed by atoms with Crippen LogP contribution in [0.2, 0.25) is 0 Å². The fraction of sp³-hybridized carbons (Fsp3) is 0.600. The number of nitrogens with one attached hydrogen (secondary N) is 1. The molecule has 0 aliphatic heterocycles. The van der Waals surface area contributed by atoms with Crippen molar-refractivity contribution >= 4 is 25.6 Å². The smallest absolute Gasteiger partial charge is 0.280 e.